The van der Waals surface area contributed by atoms with Gasteiger partial charge in [0.05, 0.1) is 11.5 Å². The largest absolute Gasteiger partial charge is 0.455 e. The molecule has 0 aromatic heterocycles. The lowest BCUT2D eigenvalue weighted by atomic mass is 10.1. The number of halogens is 1. The van der Waals surface area contributed by atoms with Crippen molar-refractivity contribution < 1.29 is 23.5 Å². The summed E-state index contributed by atoms with van der Waals surface area (Å²) in [4.78, 5) is 35.4. The predicted octanol–water partition coefficient (Wildman–Crippen LogP) is 2.97. The lowest BCUT2D eigenvalue weighted by Gasteiger charge is -2.09. The van der Waals surface area contributed by atoms with E-state index in [4.69, 9.17) is 4.74 Å². The van der Waals surface area contributed by atoms with Crippen molar-refractivity contribution in [3.8, 4) is 0 Å². The lowest BCUT2D eigenvalue weighted by molar-refractivity contribution is -0.145. The average Bonchev–Trinajstić information content (AvgIpc) is 2.68. The maximum Gasteiger partial charge on any atom is 0.316 e. The molecule has 0 radical (unpaired) electrons. The van der Waals surface area contributed by atoms with Crippen LogP contribution in [0.4, 0.5) is 10.1 Å². The summed E-state index contributed by atoms with van der Waals surface area (Å²) in [7, 11) is 0. The van der Waals surface area contributed by atoms with Gasteiger partial charge < -0.3 is 15.4 Å². The van der Waals surface area contributed by atoms with Crippen LogP contribution in [-0.4, -0.2) is 35.9 Å². The summed E-state index contributed by atoms with van der Waals surface area (Å²) in [5.41, 5.74) is 3.55. The molecular weight excluding hydrogens is 395 g/mol. The standard InChI is InChI=1S/C21H23FN2O4S/c1-14-3-8-18(15(2)9-14)24-20(26)12-29-13-21(27)28-11-19(25)23-10-16-4-6-17(22)7-5-16/h3-9H,10-13H2,1-2H3,(H,23,25)(H,24,26). The Balaban J connectivity index is 1.60. The first-order chi connectivity index (χ1) is 13.8. The van der Waals surface area contributed by atoms with E-state index in [1.54, 1.807) is 12.1 Å². The number of anilines is 1. The molecule has 0 atom stereocenters. The molecule has 0 heterocycles. The van der Waals surface area contributed by atoms with E-state index in [0.29, 0.717) is 0 Å². The molecule has 2 N–H and O–H groups in total. The second-order valence-electron chi connectivity index (χ2n) is 6.42. The predicted molar refractivity (Wildman–Crippen MR) is 111 cm³/mol. The third kappa shape index (κ3) is 8.35. The van der Waals surface area contributed by atoms with Gasteiger partial charge in [0.25, 0.3) is 5.91 Å². The van der Waals surface area contributed by atoms with Gasteiger partial charge in [-0.25, -0.2) is 4.39 Å². The Hall–Kier alpha value is -2.87. The van der Waals surface area contributed by atoms with E-state index in [1.165, 1.54) is 12.1 Å². The van der Waals surface area contributed by atoms with Gasteiger partial charge in [-0.2, -0.15) is 0 Å². The molecule has 0 aliphatic carbocycles. The summed E-state index contributed by atoms with van der Waals surface area (Å²) in [5.74, 6) is -1.54. The van der Waals surface area contributed by atoms with Crippen LogP contribution in [0.25, 0.3) is 0 Å². The van der Waals surface area contributed by atoms with Crippen LogP contribution in [0.15, 0.2) is 42.5 Å². The summed E-state index contributed by atoms with van der Waals surface area (Å²) in [6.45, 7) is 3.69. The number of rotatable bonds is 9. The molecule has 2 amide bonds. The first-order valence-electron chi connectivity index (χ1n) is 8.95. The molecule has 8 heteroatoms. The first-order valence-corrected chi connectivity index (χ1v) is 10.1. The molecular formula is C21H23FN2O4S. The quantitative estimate of drug-likeness (QED) is 0.612. The normalized spacial score (nSPS) is 10.3. The smallest absolute Gasteiger partial charge is 0.316 e. The molecule has 2 aromatic carbocycles. The van der Waals surface area contributed by atoms with Crippen LogP contribution in [0.5, 0.6) is 0 Å². The highest BCUT2D eigenvalue weighted by atomic mass is 32.2. The van der Waals surface area contributed by atoms with Crippen LogP contribution in [0, 0.1) is 19.7 Å². The van der Waals surface area contributed by atoms with E-state index in [-0.39, 0.29) is 29.8 Å². The zero-order valence-electron chi connectivity index (χ0n) is 16.3. The summed E-state index contributed by atoms with van der Waals surface area (Å²) in [5, 5.41) is 5.37. The van der Waals surface area contributed by atoms with Gasteiger partial charge in [-0.1, -0.05) is 29.8 Å². The number of benzene rings is 2. The van der Waals surface area contributed by atoms with Crippen molar-refractivity contribution in [2.75, 3.05) is 23.4 Å². The van der Waals surface area contributed by atoms with Crippen molar-refractivity contribution in [1.29, 1.82) is 0 Å². The van der Waals surface area contributed by atoms with Gasteiger partial charge in [0, 0.05) is 12.2 Å². The molecule has 0 saturated carbocycles. The SMILES string of the molecule is Cc1ccc(NC(=O)CSCC(=O)OCC(=O)NCc2ccc(F)cc2)c(C)c1. The van der Waals surface area contributed by atoms with Crippen molar-refractivity contribution in [3.05, 3.63) is 65.0 Å². The van der Waals surface area contributed by atoms with Crippen molar-refractivity contribution in [3.63, 3.8) is 0 Å². The zero-order valence-corrected chi connectivity index (χ0v) is 17.1. The third-order valence-electron chi connectivity index (χ3n) is 3.88. The third-order valence-corrected chi connectivity index (χ3v) is 4.78. The van der Waals surface area contributed by atoms with Crippen LogP contribution >= 0.6 is 11.8 Å². The fourth-order valence-electron chi connectivity index (χ4n) is 2.41. The van der Waals surface area contributed by atoms with Gasteiger partial charge in [-0.15, -0.1) is 11.8 Å². The fourth-order valence-corrected chi connectivity index (χ4v) is 3.02. The second kappa shape index (κ2) is 11.2. The van der Waals surface area contributed by atoms with E-state index in [2.05, 4.69) is 10.6 Å². The van der Waals surface area contributed by atoms with Crippen LogP contribution in [0.3, 0.4) is 0 Å². The molecule has 0 spiro atoms. The molecule has 0 aliphatic heterocycles. The molecule has 2 rings (SSSR count). The van der Waals surface area contributed by atoms with Crippen LogP contribution < -0.4 is 10.6 Å². The number of thioether (sulfide) groups is 1. The average molecular weight is 418 g/mol. The first kappa shape index (κ1) is 22.4. The summed E-state index contributed by atoms with van der Waals surface area (Å²) in [6.07, 6.45) is 0. The molecule has 0 saturated heterocycles. The minimum absolute atomic E-state index is 0.0362. The Kier molecular flexibility index (Phi) is 8.67. The molecule has 6 nitrogen and oxygen atoms in total. The molecule has 2 aromatic rings. The van der Waals surface area contributed by atoms with Gasteiger partial charge in [0.2, 0.25) is 5.91 Å². The number of esters is 1. The van der Waals surface area contributed by atoms with E-state index >= 15 is 0 Å². The van der Waals surface area contributed by atoms with E-state index in [1.807, 2.05) is 32.0 Å². The number of hydrogen-bond acceptors (Lipinski definition) is 5. The van der Waals surface area contributed by atoms with E-state index in [9.17, 15) is 18.8 Å². The minimum Gasteiger partial charge on any atom is -0.455 e. The number of hydrogen-bond donors (Lipinski definition) is 2. The van der Waals surface area contributed by atoms with Gasteiger partial charge in [-0.3, -0.25) is 14.4 Å². The molecule has 0 aliphatic rings. The molecule has 29 heavy (non-hydrogen) atoms. The van der Waals surface area contributed by atoms with Crippen molar-refractivity contribution in [2.24, 2.45) is 0 Å². The van der Waals surface area contributed by atoms with E-state index < -0.39 is 18.5 Å². The van der Waals surface area contributed by atoms with Gasteiger partial charge >= 0.3 is 5.97 Å². The van der Waals surface area contributed by atoms with Crippen LogP contribution in [0.1, 0.15) is 16.7 Å². The Morgan fingerprint density at radius 3 is 2.41 bits per heavy atom. The highest BCUT2D eigenvalue weighted by Crippen LogP contribution is 2.16. The molecule has 0 unspecified atom stereocenters. The second-order valence-corrected chi connectivity index (χ2v) is 7.41. The Bertz CT molecular complexity index is 871. The fraction of sp³-hybridized carbons (Fsp3) is 0.286. The number of amides is 2. The van der Waals surface area contributed by atoms with Crippen molar-refractivity contribution in [1.82, 2.24) is 5.32 Å². The monoisotopic (exact) mass is 418 g/mol. The van der Waals surface area contributed by atoms with Gasteiger partial charge in [-0.05, 0) is 43.2 Å². The Labute approximate surface area is 173 Å². The minimum atomic E-state index is -0.578. The van der Waals surface area contributed by atoms with E-state index in [0.717, 1.165) is 34.1 Å². The Morgan fingerprint density at radius 1 is 1.00 bits per heavy atom. The Morgan fingerprint density at radius 2 is 1.72 bits per heavy atom. The molecule has 0 fully saturated rings. The lowest BCUT2D eigenvalue weighted by Crippen LogP contribution is -2.28. The van der Waals surface area contributed by atoms with Crippen molar-refractivity contribution >= 4 is 35.2 Å². The number of ether oxygens (including phenoxy) is 1. The van der Waals surface area contributed by atoms with Gasteiger partial charge in [0.1, 0.15) is 5.82 Å². The van der Waals surface area contributed by atoms with Gasteiger partial charge in [0.15, 0.2) is 6.61 Å². The number of carbonyl (C=O) groups excluding carboxylic acids is 3. The summed E-state index contributed by atoms with van der Waals surface area (Å²) < 4.78 is 17.7. The number of nitrogens with one attached hydrogen (secondary N) is 2. The highest BCUT2D eigenvalue weighted by molar-refractivity contribution is 8.00. The maximum atomic E-state index is 12.8. The molecule has 0 bridgehead atoms. The van der Waals surface area contributed by atoms with Crippen molar-refractivity contribution in [2.45, 2.75) is 20.4 Å². The topological polar surface area (TPSA) is 84.5 Å². The highest BCUT2D eigenvalue weighted by Gasteiger charge is 2.10. The van der Waals surface area contributed by atoms with Crippen LogP contribution in [0.2, 0.25) is 0 Å². The number of carbonyl (C=O) groups is 3. The zero-order chi connectivity index (χ0) is 21.2. The van der Waals surface area contributed by atoms with Crippen LogP contribution in [-0.2, 0) is 25.7 Å². The number of aryl methyl sites for hydroxylation is 2. The summed E-state index contributed by atoms with van der Waals surface area (Å²) in [6, 6.07) is 11.4. The maximum absolute atomic E-state index is 12.8. The summed E-state index contributed by atoms with van der Waals surface area (Å²) >= 11 is 1.11. The molecule has 154 valence electrons.